The van der Waals surface area contributed by atoms with Gasteiger partial charge in [0.2, 0.25) is 0 Å². The van der Waals surface area contributed by atoms with E-state index in [-0.39, 0.29) is 5.82 Å². The predicted octanol–water partition coefficient (Wildman–Crippen LogP) is 3.09. The van der Waals surface area contributed by atoms with Gasteiger partial charge >= 0.3 is 0 Å². The number of ether oxygens (including phenoxy) is 2. The monoisotopic (exact) mass is 403 g/mol. The summed E-state index contributed by atoms with van der Waals surface area (Å²) in [6.45, 7) is 5.67. The number of halogens is 2. The molecule has 24 heavy (non-hydrogen) atoms. The van der Waals surface area contributed by atoms with Crippen LogP contribution in [-0.4, -0.2) is 46.0 Å². The summed E-state index contributed by atoms with van der Waals surface area (Å²) >= 11 is 3.34. The minimum Gasteiger partial charge on any atom is -0.379 e. The second-order valence-electron chi connectivity index (χ2n) is 5.17. The van der Waals surface area contributed by atoms with Gasteiger partial charge in [-0.25, -0.2) is 4.39 Å². The van der Waals surface area contributed by atoms with Crippen molar-refractivity contribution in [3.8, 4) is 0 Å². The second-order valence-corrected chi connectivity index (χ2v) is 6.08. The standard InChI is InChI=1S/C17H27BrFN3O2/c1-3-4-8-23-10-11-24-9-7-21-17(20-2)22-13-14-12-15(18)5-6-16(14)19/h5-6,12H,3-4,7-11,13H2,1-2H3,(H2,20,21,22). The fraction of sp³-hybridized carbons (Fsp3) is 0.588. The molecule has 0 bridgehead atoms. The van der Waals surface area contributed by atoms with Gasteiger partial charge in [-0.05, 0) is 24.6 Å². The highest BCUT2D eigenvalue weighted by Crippen LogP contribution is 2.15. The first-order chi connectivity index (χ1) is 11.7. The Balaban J connectivity index is 2.14. The third-order valence-corrected chi connectivity index (χ3v) is 3.72. The minimum atomic E-state index is -0.243. The van der Waals surface area contributed by atoms with Crippen LogP contribution in [0.25, 0.3) is 0 Å². The maximum atomic E-state index is 13.7. The molecule has 136 valence electrons. The molecule has 0 unspecified atom stereocenters. The number of hydrogen-bond donors (Lipinski definition) is 2. The van der Waals surface area contributed by atoms with E-state index in [2.05, 4.69) is 38.5 Å². The van der Waals surface area contributed by atoms with Gasteiger partial charge in [0.05, 0.1) is 19.8 Å². The fourth-order valence-corrected chi connectivity index (χ4v) is 2.30. The number of nitrogens with one attached hydrogen (secondary N) is 2. The first kappa shape index (κ1) is 20.9. The molecule has 0 atom stereocenters. The topological polar surface area (TPSA) is 54.9 Å². The molecule has 1 aromatic carbocycles. The van der Waals surface area contributed by atoms with Crippen molar-refractivity contribution in [3.63, 3.8) is 0 Å². The average molecular weight is 404 g/mol. The van der Waals surface area contributed by atoms with Crippen LogP contribution in [0.15, 0.2) is 27.7 Å². The third kappa shape index (κ3) is 9.20. The average Bonchev–Trinajstić information content (AvgIpc) is 2.58. The quantitative estimate of drug-likeness (QED) is 0.338. The van der Waals surface area contributed by atoms with E-state index in [1.165, 1.54) is 6.07 Å². The molecule has 0 saturated heterocycles. The Kier molecular flexibility index (Phi) is 11.4. The lowest BCUT2D eigenvalue weighted by molar-refractivity contribution is 0.0487. The Bertz CT molecular complexity index is 501. The van der Waals surface area contributed by atoms with Gasteiger partial charge in [0.1, 0.15) is 5.82 Å². The van der Waals surface area contributed by atoms with Crippen LogP contribution >= 0.6 is 15.9 Å². The van der Waals surface area contributed by atoms with Gasteiger partial charge in [0.25, 0.3) is 0 Å². The molecule has 1 rings (SSSR count). The molecule has 0 fully saturated rings. The highest BCUT2D eigenvalue weighted by atomic mass is 79.9. The van der Waals surface area contributed by atoms with Crippen LogP contribution in [0, 0.1) is 5.82 Å². The normalized spacial score (nSPS) is 11.6. The maximum absolute atomic E-state index is 13.7. The van der Waals surface area contributed by atoms with Crippen molar-refractivity contribution in [3.05, 3.63) is 34.1 Å². The summed E-state index contributed by atoms with van der Waals surface area (Å²) in [4.78, 5) is 4.10. The van der Waals surface area contributed by atoms with E-state index >= 15 is 0 Å². The smallest absolute Gasteiger partial charge is 0.191 e. The van der Waals surface area contributed by atoms with Gasteiger partial charge in [-0.1, -0.05) is 29.3 Å². The summed E-state index contributed by atoms with van der Waals surface area (Å²) in [6.07, 6.45) is 2.23. The molecule has 0 spiro atoms. The van der Waals surface area contributed by atoms with Gasteiger partial charge in [0.15, 0.2) is 5.96 Å². The van der Waals surface area contributed by atoms with Crippen molar-refractivity contribution in [1.29, 1.82) is 0 Å². The van der Waals surface area contributed by atoms with Crippen LogP contribution in [-0.2, 0) is 16.0 Å². The molecule has 0 aliphatic rings. The Morgan fingerprint density at radius 3 is 2.62 bits per heavy atom. The zero-order chi connectivity index (χ0) is 17.6. The molecule has 0 aliphatic heterocycles. The number of guanidine groups is 1. The van der Waals surface area contributed by atoms with Crippen LogP contribution < -0.4 is 10.6 Å². The van der Waals surface area contributed by atoms with E-state index in [0.29, 0.717) is 44.4 Å². The number of aliphatic imine (C=N–C) groups is 1. The summed E-state index contributed by atoms with van der Waals surface area (Å²) in [5, 5.41) is 6.20. The van der Waals surface area contributed by atoms with E-state index in [1.54, 1.807) is 19.2 Å². The Morgan fingerprint density at radius 1 is 1.17 bits per heavy atom. The lowest BCUT2D eigenvalue weighted by atomic mass is 10.2. The first-order valence-electron chi connectivity index (χ1n) is 8.21. The summed E-state index contributed by atoms with van der Waals surface area (Å²) in [5.74, 6) is 0.365. The molecule has 0 radical (unpaired) electrons. The van der Waals surface area contributed by atoms with Crippen LogP contribution in [0.3, 0.4) is 0 Å². The van der Waals surface area contributed by atoms with Crippen molar-refractivity contribution >= 4 is 21.9 Å². The Labute approximate surface area is 152 Å². The van der Waals surface area contributed by atoms with Crippen LogP contribution in [0.4, 0.5) is 4.39 Å². The molecule has 0 saturated carbocycles. The molecule has 0 aliphatic carbocycles. The molecular weight excluding hydrogens is 377 g/mol. The number of rotatable bonds is 11. The van der Waals surface area contributed by atoms with Gasteiger partial charge in [-0.3, -0.25) is 4.99 Å². The summed E-state index contributed by atoms with van der Waals surface area (Å²) < 4.78 is 25.4. The van der Waals surface area contributed by atoms with Crippen molar-refractivity contribution in [2.24, 2.45) is 4.99 Å². The Morgan fingerprint density at radius 2 is 1.92 bits per heavy atom. The fourth-order valence-electron chi connectivity index (χ4n) is 1.89. The molecule has 0 aromatic heterocycles. The zero-order valence-corrected chi connectivity index (χ0v) is 16.0. The minimum absolute atomic E-state index is 0.243. The van der Waals surface area contributed by atoms with Crippen LogP contribution in [0.1, 0.15) is 25.3 Å². The highest BCUT2D eigenvalue weighted by molar-refractivity contribution is 9.10. The summed E-state index contributed by atoms with van der Waals surface area (Å²) in [6, 6.07) is 4.86. The van der Waals surface area contributed by atoms with Crippen molar-refractivity contribution in [2.75, 3.05) is 40.0 Å². The summed E-state index contributed by atoms with van der Waals surface area (Å²) in [7, 11) is 1.68. The molecule has 7 heteroatoms. The number of unbranched alkanes of at least 4 members (excludes halogenated alkanes) is 1. The molecule has 2 N–H and O–H groups in total. The van der Waals surface area contributed by atoms with E-state index in [9.17, 15) is 4.39 Å². The number of benzene rings is 1. The molecule has 0 amide bonds. The maximum Gasteiger partial charge on any atom is 0.191 e. The van der Waals surface area contributed by atoms with E-state index in [4.69, 9.17) is 9.47 Å². The molecular formula is C17H27BrFN3O2. The van der Waals surface area contributed by atoms with E-state index < -0.39 is 0 Å². The van der Waals surface area contributed by atoms with Gasteiger partial charge in [-0.15, -0.1) is 0 Å². The number of hydrogen-bond acceptors (Lipinski definition) is 3. The van der Waals surface area contributed by atoms with Gasteiger partial charge < -0.3 is 20.1 Å². The van der Waals surface area contributed by atoms with Crippen molar-refractivity contribution in [2.45, 2.75) is 26.3 Å². The third-order valence-electron chi connectivity index (χ3n) is 3.23. The molecule has 0 heterocycles. The van der Waals surface area contributed by atoms with Crippen LogP contribution in [0.2, 0.25) is 0 Å². The lowest BCUT2D eigenvalue weighted by Crippen LogP contribution is -2.38. The summed E-state index contributed by atoms with van der Waals surface area (Å²) in [5.41, 5.74) is 0.577. The molecule has 5 nitrogen and oxygen atoms in total. The lowest BCUT2D eigenvalue weighted by Gasteiger charge is -2.13. The Hall–Kier alpha value is -1.18. The van der Waals surface area contributed by atoms with Gasteiger partial charge in [0, 0.05) is 36.8 Å². The van der Waals surface area contributed by atoms with Crippen molar-refractivity contribution < 1.29 is 13.9 Å². The largest absolute Gasteiger partial charge is 0.379 e. The number of nitrogens with zero attached hydrogens (tertiary/aromatic N) is 1. The highest BCUT2D eigenvalue weighted by Gasteiger charge is 2.04. The second kappa shape index (κ2) is 13.1. The van der Waals surface area contributed by atoms with E-state index in [1.807, 2.05) is 0 Å². The zero-order valence-electron chi connectivity index (χ0n) is 14.4. The van der Waals surface area contributed by atoms with E-state index in [0.717, 1.165) is 23.9 Å². The van der Waals surface area contributed by atoms with Crippen LogP contribution in [0.5, 0.6) is 0 Å². The first-order valence-corrected chi connectivity index (χ1v) is 9.00. The molecule has 1 aromatic rings. The van der Waals surface area contributed by atoms with Gasteiger partial charge in [-0.2, -0.15) is 0 Å². The van der Waals surface area contributed by atoms with Crippen molar-refractivity contribution in [1.82, 2.24) is 10.6 Å². The predicted molar refractivity (Wildman–Crippen MR) is 98.8 cm³/mol. The SMILES string of the molecule is CCCCOCCOCCNC(=NC)NCc1cc(Br)ccc1F.